The van der Waals surface area contributed by atoms with Gasteiger partial charge in [-0.3, -0.25) is 4.79 Å². The zero-order valence-corrected chi connectivity index (χ0v) is 13.2. The highest BCUT2D eigenvalue weighted by atomic mass is 35.5. The Morgan fingerprint density at radius 2 is 1.76 bits per heavy atom. The second-order valence-corrected chi connectivity index (χ2v) is 5.53. The van der Waals surface area contributed by atoms with Crippen LogP contribution in [-0.4, -0.2) is 5.78 Å². The van der Waals surface area contributed by atoms with Gasteiger partial charge in [-0.05, 0) is 31.5 Å². The van der Waals surface area contributed by atoms with Crippen LogP contribution in [0.4, 0.5) is 0 Å². The number of hydrogen-bond acceptors (Lipinski definition) is 2. The maximum Gasteiger partial charge on any atom is 0.188 e. The van der Waals surface area contributed by atoms with Gasteiger partial charge in [-0.1, -0.05) is 53.0 Å². The van der Waals surface area contributed by atoms with E-state index in [1.165, 1.54) is 12.3 Å². The van der Waals surface area contributed by atoms with Crippen LogP contribution in [0.1, 0.15) is 21.5 Å². The van der Waals surface area contributed by atoms with Crippen molar-refractivity contribution in [3.63, 3.8) is 0 Å². The van der Waals surface area contributed by atoms with Crippen LogP contribution >= 0.6 is 23.2 Å². The third-order valence-corrected chi connectivity index (χ3v) is 3.43. The molecule has 2 aromatic carbocycles. The largest absolute Gasteiger partial charge is 0.463 e. The van der Waals surface area contributed by atoms with Gasteiger partial charge in [0.1, 0.15) is 5.75 Å². The third kappa shape index (κ3) is 4.10. The van der Waals surface area contributed by atoms with Crippen LogP contribution in [0, 0.1) is 13.8 Å². The molecule has 108 valence electrons. The van der Waals surface area contributed by atoms with E-state index in [0.717, 1.165) is 11.1 Å². The Morgan fingerprint density at radius 3 is 2.38 bits per heavy atom. The Kier molecular flexibility index (Phi) is 5.05. The summed E-state index contributed by atoms with van der Waals surface area (Å²) in [6.07, 6.45) is 2.71. The van der Waals surface area contributed by atoms with E-state index in [1.54, 1.807) is 24.3 Å². The number of hydrogen-bond donors (Lipinski definition) is 0. The molecule has 0 aliphatic carbocycles. The van der Waals surface area contributed by atoms with Gasteiger partial charge in [-0.2, -0.15) is 0 Å². The van der Waals surface area contributed by atoms with E-state index < -0.39 is 0 Å². The van der Waals surface area contributed by atoms with Gasteiger partial charge in [-0.15, -0.1) is 0 Å². The van der Waals surface area contributed by atoms with Crippen molar-refractivity contribution in [2.24, 2.45) is 0 Å². The summed E-state index contributed by atoms with van der Waals surface area (Å²) in [6, 6.07) is 10.7. The van der Waals surface area contributed by atoms with Gasteiger partial charge in [-0.25, -0.2) is 0 Å². The highest BCUT2D eigenvalue weighted by Crippen LogP contribution is 2.31. The SMILES string of the molecule is Cc1ccc(C(=O)/C=C/Oc2c(C)cc(Cl)cc2Cl)cc1. The lowest BCUT2D eigenvalue weighted by Gasteiger charge is -2.07. The number of allylic oxidation sites excluding steroid dienone is 1. The minimum absolute atomic E-state index is 0.127. The molecule has 0 fully saturated rings. The topological polar surface area (TPSA) is 26.3 Å². The molecule has 2 rings (SSSR count). The first kappa shape index (κ1) is 15.6. The molecule has 0 unspecified atom stereocenters. The first-order chi connectivity index (χ1) is 9.97. The molecule has 2 aromatic rings. The summed E-state index contributed by atoms with van der Waals surface area (Å²) in [6.45, 7) is 3.81. The van der Waals surface area contributed by atoms with E-state index in [-0.39, 0.29) is 5.78 Å². The number of ketones is 1. The Morgan fingerprint density at radius 1 is 1.10 bits per heavy atom. The summed E-state index contributed by atoms with van der Waals surface area (Å²) in [5.41, 5.74) is 2.52. The Hall–Kier alpha value is -1.77. The van der Waals surface area contributed by atoms with Crippen molar-refractivity contribution < 1.29 is 9.53 Å². The fraction of sp³-hybridized carbons (Fsp3) is 0.118. The van der Waals surface area contributed by atoms with Crippen LogP contribution in [0.3, 0.4) is 0 Å². The van der Waals surface area contributed by atoms with Gasteiger partial charge < -0.3 is 4.74 Å². The van der Waals surface area contributed by atoms with Gasteiger partial charge in [0.25, 0.3) is 0 Å². The van der Waals surface area contributed by atoms with Crippen LogP contribution in [0.25, 0.3) is 0 Å². The van der Waals surface area contributed by atoms with Gasteiger partial charge >= 0.3 is 0 Å². The molecule has 0 aliphatic rings. The Bertz CT molecular complexity index is 665. The Labute approximate surface area is 134 Å². The monoisotopic (exact) mass is 320 g/mol. The van der Waals surface area contributed by atoms with Crippen LogP contribution in [0.5, 0.6) is 5.75 Å². The van der Waals surface area contributed by atoms with Crippen molar-refractivity contribution >= 4 is 29.0 Å². The van der Waals surface area contributed by atoms with Crippen molar-refractivity contribution in [1.82, 2.24) is 0 Å². The van der Waals surface area contributed by atoms with Crippen LogP contribution in [0.15, 0.2) is 48.7 Å². The van der Waals surface area contributed by atoms with E-state index in [9.17, 15) is 4.79 Å². The fourth-order valence-corrected chi connectivity index (χ4v) is 2.46. The smallest absolute Gasteiger partial charge is 0.188 e. The standard InChI is InChI=1S/C17H14Cl2O2/c1-11-3-5-13(6-4-11)16(20)7-8-21-17-12(2)9-14(18)10-15(17)19/h3-10H,1-2H3/b8-7+. The normalized spacial score (nSPS) is 10.9. The summed E-state index contributed by atoms with van der Waals surface area (Å²) >= 11 is 11.9. The molecule has 0 heterocycles. The molecule has 0 atom stereocenters. The molecular formula is C17H14Cl2O2. The van der Waals surface area contributed by atoms with Gasteiger partial charge in [0.15, 0.2) is 5.78 Å². The molecule has 0 radical (unpaired) electrons. The number of rotatable bonds is 4. The summed E-state index contributed by atoms with van der Waals surface area (Å²) in [5, 5.41) is 0.956. The second kappa shape index (κ2) is 6.79. The average molecular weight is 321 g/mol. The predicted molar refractivity (Wildman–Crippen MR) is 86.5 cm³/mol. The van der Waals surface area contributed by atoms with Crippen molar-refractivity contribution in [2.75, 3.05) is 0 Å². The van der Waals surface area contributed by atoms with Gasteiger partial charge in [0, 0.05) is 16.7 Å². The van der Waals surface area contributed by atoms with Crippen molar-refractivity contribution in [2.45, 2.75) is 13.8 Å². The molecule has 0 amide bonds. The summed E-state index contributed by atoms with van der Waals surface area (Å²) < 4.78 is 5.45. The number of benzene rings is 2. The third-order valence-electron chi connectivity index (χ3n) is 2.94. The number of ether oxygens (including phenoxy) is 1. The highest BCUT2D eigenvalue weighted by molar-refractivity contribution is 6.35. The molecule has 2 nitrogen and oxygen atoms in total. The predicted octanol–water partition coefficient (Wildman–Crippen LogP) is 5.39. The maximum absolute atomic E-state index is 11.9. The minimum Gasteiger partial charge on any atom is -0.463 e. The quantitative estimate of drug-likeness (QED) is 0.429. The summed E-state index contributed by atoms with van der Waals surface area (Å²) in [5.74, 6) is 0.367. The van der Waals surface area contributed by atoms with Crippen molar-refractivity contribution in [3.8, 4) is 5.75 Å². The number of carbonyl (C=O) groups is 1. The van der Waals surface area contributed by atoms with Crippen molar-refractivity contribution in [1.29, 1.82) is 0 Å². The van der Waals surface area contributed by atoms with Crippen molar-refractivity contribution in [3.05, 3.63) is 75.5 Å². The number of aryl methyl sites for hydroxylation is 2. The zero-order valence-electron chi connectivity index (χ0n) is 11.7. The molecule has 0 aliphatic heterocycles. The van der Waals surface area contributed by atoms with E-state index in [0.29, 0.717) is 21.4 Å². The molecular weight excluding hydrogens is 307 g/mol. The summed E-state index contributed by atoms with van der Waals surface area (Å²) in [7, 11) is 0. The molecule has 0 N–H and O–H groups in total. The van der Waals surface area contributed by atoms with Gasteiger partial charge in [0.2, 0.25) is 0 Å². The van der Waals surface area contributed by atoms with E-state index in [1.807, 2.05) is 26.0 Å². The average Bonchev–Trinajstić information content (AvgIpc) is 2.42. The van der Waals surface area contributed by atoms with E-state index >= 15 is 0 Å². The van der Waals surface area contributed by atoms with Gasteiger partial charge in [0.05, 0.1) is 11.3 Å². The number of halogens is 2. The molecule has 0 bridgehead atoms. The lowest BCUT2D eigenvalue weighted by molar-refractivity contribution is 0.104. The number of carbonyl (C=O) groups excluding carboxylic acids is 1. The van der Waals surface area contributed by atoms with E-state index in [4.69, 9.17) is 27.9 Å². The molecule has 4 heteroatoms. The molecule has 0 saturated carbocycles. The second-order valence-electron chi connectivity index (χ2n) is 4.68. The fourth-order valence-electron chi connectivity index (χ4n) is 1.82. The first-order valence-corrected chi connectivity index (χ1v) is 7.13. The molecule has 0 aromatic heterocycles. The molecule has 0 spiro atoms. The minimum atomic E-state index is -0.127. The first-order valence-electron chi connectivity index (χ1n) is 6.37. The summed E-state index contributed by atoms with van der Waals surface area (Å²) in [4.78, 5) is 11.9. The van der Waals surface area contributed by atoms with Crippen LogP contribution in [0.2, 0.25) is 10.0 Å². The zero-order chi connectivity index (χ0) is 15.4. The lowest BCUT2D eigenvalue weighted by atomic mass is 10.1. The van der Waals surface area contributed by atoms with E-state index in [2.05, 4.69) is 0 Å². The van der Waals surface area contributed by atoms with Crippen LogP contribution in [-0.2, 0) is 0 Å². The lowest BCUT2D eigenvalue weighted by Crippen LogP contribution is -1.96. The Balaban J connectivity index is 2.09. The molecule has 0 saturated heterocycles. The maximum atomic E-state index is 11.9. The highest BCUT2D eigenvalue weighted by Gasteiger charge is 2.07. The molecule has 21 heavy (non-hydrogen) atoms. The van der Waals surface area contributed by atoms with Crippen LogP contribution < -0.4 is 4.74 Å².